The predicted octanol–water partition coefficient (Wildman–Crippen LogP) is -0.0792. The number of carboxylic acids is 1. The molecule has 0 saturated heterocycles. The molecule has 1 aromatic carbocycles. The summed E-state index contributed by atoms with van der Waals surface area (Å²) in [6.45, 7) is 1.44. The molecule has 0 saturated carbocycles. The van der Waals surface area contributed by atoms with Crippen LogP contribution in [0, 0.1) is 0 Å². The van der Waals surface area contributed by atoms with E-state index in [-0.39, 0.29) is 0 Å². The van der Waals surface area contributed by atoms with Crippen molar-refractivity contribution in [2.75, 3.05) is 0 Å². The Balaban J connectivity index is 2.46. The molecule has 1 aromatic heterocycles. The fourth-order valence-corrected chi connectivity index (χ4v) is 1.37. The molecule has 7 nitrogen and oxygen atoms in total. The second kappa shape index (κ2) is 3.95. The highest BCUT2D eigenvalue weighted by Gasteiger charge is 2.30. The first-order chi connectivity index (χ1) is 8.01. The van der Waals surface area contributed by atoms with Crippen LogP contribution in [0.5, 0.6) is 0 Å². The molecule has 0 amide bonds. The molecule has 0 aliphatic rings. The molecule has 3 N–H and O–H groups in total. The standard InChI is InChI=1S/C10H11N5O2/c1-10(11,9(16)17)7-3-2-4-8(5-7)15-6-12-13-14-15/h2-6H,11H2,1H3,(H,16,17). The van der Waals surface area contributed by atoms with E-state index in [1.165, 1.54) is 17.9 Å². The Morgan fingerprint density at radius 2 is 2.29 bits per heavy atom. The number of nitrogens with two attached hydrogens (primary N) is 1. The predicted molar refractivity (Wildman–Crippen MR) is 58.3 cm³/mol. The highest BCUT2D eigenvalue weighted by molar-refractivity contribution is 5.80. The fraction of sp³-hybridized carbons (Fsp3) is 0.200. The van der Waals surface area contributed by atoms with Crippen molar-refractivity contribution < 1.29 is 9.90 Å². The van der Waals surface area contributed by atoms with Crippen LogP contribution in [-0.2, 0) is 10.3 Å². The van der Waals surface area contributed by atoms with Crippen LogP contribution in [0.25, 0.3) is 5.69 Å². The summed E-state index contributed by atoms with van der Waals surface area (Å²) < 4.78 is 1.43. The summed E-state index contributed by atoms with van der Waals surface area (Å²) in [5.74, 6) is -1.09. The smallest absolute Gasteiger partial charge is 0.328 e. The Hall–Kier alpha value is -2.28. The maximum atomic E-state index is 11.0. The fourth-order valence-electron chi connectivity index (χ4n) is 1.37. The number of carboxylic acid groups (broad SMARTS) is 1. The molecule has 0 bridgehead atoms. The van der Waals surface area contributed by atoms with Crippen LogP contribution in [-0.4, -0.2) is 31.3 Å². The van der Waals surface area contributed by atoms with Crippen LogP contribution in [0.2, 0.25) is 0 Å². The summed E-state index contributed by atoms with van der Waals surface area (Å²) in [4.78, 5) is 11.0. The lowest BCUT2D eigenvalue weighted by molar-refractivity contribution is -0.143. The normalized spacial score (nSPS) is 14.2. The van der Waals surface area contributed by atoms with Crippen molar-refractivity contribution in [3.8, 4) is 5.69 Å². The molecule has 0 fully saturated rings. The van der Waals surface area contributed by atoms with Gasteiger partial charge in [0.2, 0.25) is 0 Å². The first-order valence-electron chi connectivity index (χ1n) is 4.88. The van der Waals surface area contributed by atoms with Gasteiger partial charge in [-0.25, -0.2) is 9.48 Å². The van der Waals surface area contributed by atoms with Gasteiger partial charge in [-0.1, -0.05) is 12.1 Å². The topological polar surface area (TPSA) is 107 Å². The first-order valence-corrected chi connectivity index (χ1v) is 4.88. The van der Waals surface area contributed by atoms with Crippen molar-refractivity contribution >= 4 is 5.97 Å². The number of nitrogens with zero attached hydrogens (tertiary/aromatic N) is 4. The molecule has 17 heavy (non-hydrogen) atoms. The highest BCUT2D eigenvalue weighted by atomic mass is 16.4. The summed E-state index contributed by atoms with van der Waals surface area (Å²) in [6.07, 6.45) is 1.42. The minimum Gasteiger partial charge on any atom is -0.480 e. The molecule has 2 rings (SSSR count). The maximum Gasteiger partial charge on any atom is 0.328 e. The summed E-state index contributed by atoms with van der Waals surface area (Å²) in [7, 11) is 0. The van der Waals surface area contributed by atoms with Gasteiger partial charge < -0.3 is 10.8 Å². The molecule has 7 heteroatoms. The van der Waals surface area contributed by atoms with Crippen molar-refractivity contribution in [2.24, 2.45) is 5.73 Å². The van der Waals surface area contributed by atoms with Gasteiger partial charge >= 0.3 is 5.97 Å². The Labute approximate surface area is 96.9 Å². The molecular weight excluding hydrogens is 222 g/mol. The highest BCUT2D eigenvalue weighted by Crippen LogP contribution is 2.20. The SMILES string of the molecule is CC(N)(C(=O)O)c1cccc(-n2cnnn2)c1. The Morgan fingerprint density at radius 3 is 2.88 bits per heavy atom. The summed E-state index contributed by atoms with van der Waals surface area (Å²) in [5.41, 5.74) is 5.44. The number of hydrogen-bond donors (Lipinski definition) is 2. The third-order valence-corrected chi connectivity index (χ3v) is 2.50. The van der Waals surface area contributed by atoms with Crippen molar-refractivity contribution in [3.05, 3.63) is 36.2 Å². The lowest BCUT2D eigenvalue weighted by Crippen LogP contribution is -2.41. The van der Waals surface area contributed by atoms with E-state index >= 15 is 0 Å². The van der Waals surface area contributed by atoms with Crippen LogP contribution in [0.4, 0.5) is 0 Å². The van der Waals surface area contributed by atoms with Crippen molar-refractivity contribution in [2.45, 2.75) is 12.5 Å². The van der Waals surface area contributed by atoms with Crippen molar-refractivity contribution in [1.29, 1.82) is 0 Å². The number of aromatic nitrogens is 4. The minimum absolute atomic E-state index is 0.484. The maximum absolute atomic E-state index is 11.0. The number of hydrogen-bond acceptors (Lipinski definition) is 5. The largest absolute Gasteiger partial charge is 0.480 e. The third-order valence-electron chi connectivity index (χ3n) is 2.50. The second-order valence-corrected chi connectivity index (χ2v) is 3.81. The lowest BCUT2D eigenvalue weighted by atomic mass is 9.93. The number of aliphatic carboxylic acids is 1. The molecule has 2 aromatic rings. The van der Waals surface area contributed by atoms with E-state index < -0.39 is 11.5 Å². The zero-order valence-corrected chi connectivity index (χ0v) is 9.11. The molecule has 0 radical (unpaired) electrons. The van der Waals surface area contributed by atoms with E-state index in [9.17, 15) is 4.79 Å². The van der Waals surface area contributed by atoms with Gasteiger partial charge in [0.1, 0.15) is 11.9 Å². The number of tetrazole rings is 1. The third kappa shape index (κ3) is 2.00. The monoisotopic (exact) mass is 233 g/mol. The molecule has 88 valence electrons. The lowest BCUT2D eigenvalue weighted by Gasteiger charge is -2.20. The van der Waals surface area contributed by atoms with Gasteiger partial charge in [0.25, 0.3) is 0 Å². The molecule has 0 spiro atoms. The number of carbonyl (C=O) groups is 1. The minimum atomic E-state index is -1.44. The van der Waals surface area contributed by atoms with Crippen LogP contribution in [0.3, 0.4) is 0 Å². The van der Waals surface area contributed by atoms with Crippen LogP contribution >= 0.6 is 0 Å². The van der Waals surface area contributed by atoms with Crippen molar-refractivity contribution in [3.63, 3.8) is 0 Å². The van der Waals surface area contributed by atoms with Crippen LogP contribution in [0.15, 0.2) is 30.6 Å². The zero-order chi connectivity index (χ0) is 12.5. The van der Waals surface area contributed by atoms with Crippen molar-refractivity contribution in [1.82, 2.24) is 20.2 Å². The molecule has 1 unspecified atom stereocenters. The Kier molecular flexibility index (Phi) is 2.60. The number of benzene rings is 1. The van der Waals surface area contributed by atoms with E-state index in [1.807, 2.05) is 0 Å². The Morgan fingerprint density at radius 1 is 1.53 bits per heavy atom. The molecule has 1 atom stereocenters. The molecule has 0 aliphatic heterocycles. The first kappa shape index (κ1) is 11.2. The van der Waals surface area contributed by atoms with Gasteiger partial charge in [-0.3, -0.25) is 0 Å². The van der Waals surface area contributed by atoms with E-state index in [1.54, 1.807) is 24.3 Å². The summed E-state index contributed by atoms with van der Waals surface area (Å²) >= 11 is 0. The van der Waals surface area contributed by atoms with Crippen LogP contribution < -0.4 is 5.73 Å². The van der Waals surface area contributed by atoms with Gasteiger partial charge in [-0.2, -0.15) is 0 Å². The average Bonchev–Trinajstić information content (AvgIpc) is 2.82. The molecule has 0 aliphatic carbocycles. The summed E-state index contributed by atoms with van der Waals surface area (Å²) in [6, 6.07) is 6.77. The van der Waals surface area contributed by atoms with Gasteiger partial charge in [0.05, 0.1) is 5.69 Å². The average molecular weight is 233 g/mol. The van der Waals surface area contributed by atoms with Crippen LogP contribution in [0.1, 0.15) is 12.5 Å². The number of rotatable bonds is 3. The van der Waals surface area contributed by atoms with Gasteiger partial charge in [-0.05, 0) is 35.0 Å². The van der Waals surface area contributed by atoms with Gasteiger partial charge in [-0.15, -0.1) is 5.10 Å². The molecular formula is C10H11N5O2. The Bertz CT molecular complexity index is 535. The van der Waals surface area contributed by atoms with E-state index in [0.29, 0.717) is 11.3 Å². The van der Waals surface area contributed by atoms with E-state index in [4.69, 9.17) is 10.8 Å². The quantitative estimate of drug-likeness (QED) is 0.767. The zero-order valence-electron chi connectivity index (χ0n) is 9.11. The molecule has 1 heterocycles. The summed E-state index contributed by atoms with van der Waals surface area (Å²) in [5, 5.41) is 19.8. The van der Waals surface area contributed by atoms with E-state index in [0.717, 1.165) is 0 Å². The second-order valence-electron chi connectivity index (χ2n) is 3.81. The van der Waals surface area contributed by atoms with Gasteiger partial charge in [0, 0.05) is 0 Å². The van der Waals surface area contributed by atoms with E-state index in [2.05, 4.69) is 15.5 Å². The van der Waals surface area contributed by atoms with Gasteiger partial charge in [0.15, 0.2) is 0 Å².